The molecule has 1 atom stereocenters. The molecule has 0 saturated carbocycles. The van der Waals surface area contributed by atoms with E-state index in [9.17, 15) is 5.11 Å². The van der Waals surface area contributed by atoms with Crippen molar-refractivity contribution < 1.29 is 9.84 Å². The van der Waals surface area contributed by atoms with Crippen molar-refractivity contribution in [3.8, 4) is 5.75 Å². The Balaban J connectivity index is 2.25. The molecule has 1 aliphatic rings. The standard InChI is InChI=1S/C17H27NO2/c1-16(2,3)18-12-6-5-11-17(19,13-18)14-7-9-15(20-4)10-8-14/h7-10,19H,5-6,11-13H2,1-4H3. The fourth-order valence-electron chi connectivity index (χ4n) is 2.90. The molecule has 20 heavy (non-hydrogen) atoms. The second kappa shape index (κ2) is 5.74. The van der Waals surface area contributed by atoms with Crippen molar-refractivity contribution in [2.75, 3.05) is 20.2 Å². The Morgan fingerprint density at radius 1 is 1.15 bits per heavy atom. The van der Waals surface area contributed by atoms with Gasteiger partial charge in [0, 0.05) is 12.1 Å². The highest BCUT2D eigenvalue weighted by Gasteiger charge is 2.36. The molecule has 3 nitrogen and oxygen atoms in total. The minimum Gasteiger partial charge on any atom is -0.497 e. The molecule has 0 bridgehead atoms. The summed E-state index contributed by atoms with van der Waals surface area (Å²) in [5.74, 6) is 0.832. The van der Waals surface area contributed by atoms with Crippen LogP contribution in [0.2, 0.25) is 0 Å². The molecule has 1 heterocycles. The normalized spacial score (nSPS) is 25.2. The van der Waals surface area contributed by atoms with Gasteiger partial charge >= 0.3 is 0 Å². The van der Waals surface area contributed by atoms with Crippen LogP contribution in [0.5, 0.6) is 5.75 Å². The molecule has 0 aliphatic carbocycles. The summed E-state index contributed by atoms with van der Waals surface area (Å²) in [6.07, 6.45) is 3.04. The van der Waals surface area contributed by atoms with Gasteiger partial charge in [0.25, 0.3) is 0 Å². The summed E-state index contributed by atoms with van der Waals surface area (Å²) >= 11 is 0. The quantitative estimate of drug-likeness (QED) is 0.901. The van der Waals surface area contributed by atoms with Crippen molar-refractivity contribution in [3.05, 3.63) is 29.8 Å². The number of β-amino-alcohol motifs (C(OH)–C–C–N with tert-alkyl or cyclic N) is 1. The molecule has 1 N–H and O–H groups in total. The number of likely N-dealkylation sites (tertiary alicyclic amines) is 1. The van der Waals surface area contributed by atoms with Gasteiger partial charge in [0.2, 0.25) is 0 Å². The van der Waals surface area contributed by atoms with Crippen molar-refractivity contribution in [2.45, 2.75) is 51.2 Å². The van der Waals surface area contributed by atoms with E-state index in [0.717, 1.165) is 37.1 Å². The van der Waals surface area contributed by atoms with Gasteiger partial charge in [-0.1, -0.05) is 12.1 Å². The van der Waals surface area contributed by atoms with Gasteiger partial charge in [0.1, 0.15) is 11.4 Å². The third-order valence-corrected chi connectivity index (χ3v) is 4.30. The molecule has 1 fully saturated rings. The van der Waals surface area contributed by atoms with E-state index in [-0.39, 0.29) is 5.54 Å². The fraction of sp³-hybridized carbons (Fsp3) is 0.647. The van der Waals surface area contributed by atoms with Crippen LogP contribution in [0.25, 0.3) is 0 Å². The zero-order chi connectivity index (χ0) is 14.8. The highest BCUT2D eigenvalue weighted by atomic mass is 16.5. The summed E-state index contributed by atoms with van der Waals surface area (Å²) < 4.78 is 5.20. The number of benzene rings is 1. The largest absolute Gasteiger partial charge is 0.497 e. The smallest absolute Gasteiger partial charge is 0.118 e. The second-order valence-corrected chi connectivity index (χ2v) is 6.81. The minimum atomic E-state index is -0.754. The highest BCUT2D eigenvalue weighted by molar-refractivity contribution is 5.31. The van der Waals surface area contributed by atoms with Gasteiger partial charge in [0.15, 0.2) is 0 Å². The second-order valence-electron chi connectivity index (χ2n) is 6.81. The number of methoxy groups -OCH3 is 1. The molecule has 0 radical (unpaired) electrons. The summed E-state index contributed by atoms with van der Waals surface area (Å²) in [4.78, 5) is 2.39. The first-order valence-corrected chi connectivity index (χ1v) is 7.47. The summed E-state index contributed by atoms with van der Waals surface area (Å²) in [6, 6.07) is 7.84. The molecule has 0 amide bonds. The number of hydrogen-bond acceptors (Lipinski definition) is 3. The van der Waals surface area contributed by atoms with Crippen LogP contribution in [0, 0.1) is 0 Å². The van der Waals surface area contributed by atoms with Crippen LogP contribution in [0.1, 0.15) is 45.6 Å². The average molecular weight is 277 g/mol. The predicted molar refractivity (Wildman–Crippen MR) is 82.1 cm³/mol. The van der Waals surface area contributed by atoms with E-state index in [0.29, 0.717) is 6.54 Å². The van der Waals surface area contributed by atoms with Gasteiger partial charge in [-0.3, -0.25) is 4.90 Å². The predicted octanol–water partition coefficient (Wildman–Crippen LogP) is 3.17. The van der Waals surface area contributed by atoms with Crippen LogP contribution in [-0.2, 0) is 5.60 Å². The molecule has 1 aromatic carbocycles. The lowest BCUT2D eigenvalue weighted by atomic mass is 9.88. The number of aliphatic hydroxyl groups is 1. The SMILES string of the molecule is COc1ccc(C2(O)CCCCN(C(C)(C)C)C2)cc1. The van der Waals surface area contributed by atoms with Gasteiger partial charge in [-0.05, 0) is 64.3 Å². The van der Waals surface area contributed by atoms with E-state index in [1.165, 1.54) is 0 Å². The minimum absolute atomic E-state index is 0.0881. The van der Waals surface area contributed by atoms with Crippen molar-refractivity contribution in [2.24, 2.45) is 0 Å². The first kappa shape index (κ1) is 15.3. The Kier molecular flexibility index (Phi) is 4.40. The van der Waals surface area contributed by atoms with Crippen molar-refractivity contribution in [3.63, 3.8) is 0 Å². The molecule has 1 unspecified atom stereocenters. The molecular formula is C17H27NO2. The van der Waals surface area contributed by atoms with E-state index < -0.39 is 5.60 Å². The molecule has 112 valence electrons. The zero-order valence-corrected chi connectivity index (χ0v) is 13.1. The van der Waals surface area contributed by atoms with Crippen molar-refractivity contribution in [1.82, 2.24) is 4.90 Å². The summed E-state index contributed by atoms with van der Waals surface area (Å²) in [5, 5.41) is 11.1. The topological polar surface area (TPSA) is 32.7 Å². The average Bonchev–Trinajstić information content (AvgIpc) is 2.61. The molecule has 1 aromatic rings. The third-order valence-electron chi connectivity index (χ3n) is 4.30. The van der Waals surface area contributed by atoms with Crippen molar-refractivity contribution >= 4 is 0 Å². The maximum absolute atomic E-state index is 11.1. The number of ether oxygens (including phenoxy) is 1. The molecule has 2 rings (SSSR count). The Hall–Kier alpha value is -1.06. The van der Waals surface area contributed by atoms with E-state index in [4.69, 9.17) is 4.74 Å². The molecule has 1 aliphatic heterocycles. The highest BCUT2D eigenvalue weighted by Crippen LogP contribution is 2.34. The van der Waals surface area contributed by atoms with E-state index in [1.807, 2.05) is 24.3 Å². The Morgan fingerprint density at radius 3 is 2.35 bits per heavy atom. The van der Waals surface area contributed by atoms with E-state index in [1.54, 1.807) is 7.11 Å². The molecular weight excluding hydrogens is 250 g/mol. The Morgan fingerprint density at radius 2 is 1.80 bits per heavy atom. The van der Waals surface area contributed by atoms with Gasteiger partial charge in [-0.15, -0.1) is 0 Å². The number of hydrogen-bond donors (Lipinski definition) is 1. The summed E-state index contributed by atoms with van der Waals surface area (Å²) in [6.45, 7) is 8.40. The summed E-state index contributed by atoms with van der Waals surface area (Å²) in [5.41, 5.74) is 0.329. The first-order valence-electron chi connectivity index (χ1n) is 7.47. The first-order chi connectivity index (χ1) is 9.35. The van der Waals surface area contributed by atoms with E-state index in [2.05, 4.69) is 25.7 Å². The maximum Gasteiger partial charge on any atom is 0.118 e. The van der Waals surface area contributed by atoms with Crippen LogP contribution in [0.4, 0.5) is 0 Å². The zero-order valence-electron chi connectivity index (χ0n) is 13.1. The van der Waals surface area contributed by atoms with Crippen LogP contribution in [0.3, 0.4) is 0 Å². The molecule has 1 saturated heterocycles. The number of rotatable bonds is 2. The lowest BCUT2D eigenvalue weighted by Crippen LogP contribution is -2.48. The third kappa shape index (κ3) is 3.33. The Labute approximate surface area is 122 Å². The lowest BCUT2D eigenvalue weighted by molar-refractivity contribution is -0.0207. The fourth-order valence-corrected chi connectivity index (χ4v) is 2.90. The van der Waals surface area contributed by atoms with Crippen LogP contribution in [0.15, 0.2) is 24.3 Å². The van der Waals surface area contributed by atoms with Crippen LogP contribution < -0.4 is 4.74 Å². The van der Waals surface area contributed by atoms with Gasteiger partial charge < -0.3 is 9.84 Å². The molecule has 0 aromatic heterocycles. The Bertz CT molecular complexity index is 435. The molecule has 0 spiro atoms. The van der Waals surface area contributed by atoms with Gasteiger partial charge in [-0.2, -0.15) is 0 Å². The number of nitrogens with zero attached hydrogens (tertiary/aromatic N) is 1. The van der Waals surface area contributed by atoms with Gasteiger partial charge in [-0.25, -0.2) is 0 Å². The van der Waals surface area contributed by atoms with Crippen LogP contribution >= 0.6 is 0 Å². The molecule has 3 heteroatoms. The van der Waals surface area contributed by atoms with E-state index >= 15 is 0 Å². The maximum atomic E-state index is 11.1. The van der Waals surface area contributed by atoms with Crippen LogP contribution in [-0.4, -0.2) is 35.7 Å². The summed E-state index contributed by atoms with van der Waals surface area (Å²) in [7, 11) is 1.66. The lowest BCUT2D eigenvalue weighted by Gasteiger charge is -2.40. The monoisotopic (exact) mass is 277 g/mol. The van der Waals surface area contributed by atoms with Crippen molar-refractivity contribution in [1.29, 1.82) is 0 Å². The van der Waals surface area contributed by atoms with Gasteiger partial charge in [0.05, 0.1) is 7.11 Å².